The molecule has 0 saturated heterocycles. The molecule has 5 nitrogen and oxygen atoms in total. The van der Waals surface area contributed by atoms with Crippen LogP contribution >= 0.6 is 11.6 Å². The summed E-state index contributed by atoms with van der Waals surface area (Å²) in [5.41, 5.74) is 1.07. The maximum atomic E-state index is 12.2. The molecule has 1 rings (SSSR count). The Morgan fingerprint density at radius 3 is 2.54 bits per heavy atom. The maximum absolute atomic E-state index is 12.2. The SMILES string of the molecule is CCNC(=NCCS(=O)(=O)C(C)(C)C)N(C)Cc1cccc(Cl)c1. The Balaban J connectivity index is 2.78. The largest absolute Gasteiger partial charge is 0.357 e. The van der Waals surface area contributed by atoms with E-state index in [1.807, 2.05) is 43.1 Å². The van der Waals surface area contributed by atoms with E-state index in [0.717, 1.165) is 5.56 Å². The first-order valence-electron chi connectivity index (χ1n) is 8.03. The predicted octanol–water partition coefficient (Wildman–Crippen LogP) is 2.95. The van der Waals surface area contributed by atoms with Crippen LogP contribution in [-0.2, 0) is 16.4 Å². The molecular weight excluding hydrogens is 346 g/mol. The highest BCUT2D eigenvalue weighted by Crippen LogP contribution is 2.16. The quantitative estimate of drug-likeness (QED) is 0.615. The van der Waals surface area contributed by atoms with E-state index in [9.17, 15) is 8.42 Å². The minimum Gasteiger partial charge on any atom is -0.357 e. The van der Waals surface area contributed by atoms with Gasteiger partial charge in [-0.15, -0.1) is 0 Å². The van der Waals surface area contributed by atoms with Crippen LogP contribution in [0.25, 0.3) is 0 Å². The van der Waals surface area contributed by atoms with Crippen LogP contribution < -0.4 is 5.32 Å². The van der Waals surface area contributed by atoms with Crippen molar-refractivity contribution in [1.29, 1.82) is 0 Å². The summed E-state index contributed by atoms with van der Waals surface area (Å²) in [5, 5.41) is 3.88. The van der Waals surface area contributed by atoms with Gasteiger partial charge >= 0.3 is 0 Å². The zero-order valence-corrected chi connectivity index (χ0v) is 16.7. The molecule has 0 aromatic heterocycles. The lowest BCUT2D eigenvalue weighted by atomic mass is 10.2. The van der Waals surface area contributed by atoms with Crippen LogP contribution in [-0.4, -0.2) is 49.9 Å². The normalized spacial score (nSPS) is 13.0. The number of rotatable bonds is 6. The highest BCUT2D eigenvalue weighted by Gasteiger charge is 2.28. The van der Waals surface area contributed by atoms with Crippen molar-refractivity contribution in [2.24, 2.45) is 4.99 Å². The van der Waals surface area contributed by atoms with Gasteiger partial charge in [0, 0.05) is 25.2 Å². The molecule has 0 heterocycles. The first kappa shape index (κ1) is 20.8. The molecule has 1 N–H and O–H groups in total. The van der Waals surface area contributed by atoms with Crippen molar-refractivity contribution in [2.45, 2.75) is 39.0 Å². The molecule has 7 heteroatoms. The summed E-state index contributed by atoms with van der Waals surface area (Å²) in [7, 11) is -1.25. The second kappa shape index (κ2) is 8.72. The molecular formula is C17H28ClN3O2S. The minimum atomic E-state index is -3.17. The van der Waals surface area contributed by atoms with Crippen LogP contribution in [0.1, 0.15) is 33.3 Å². The molecule has 0 amide bonds. The lowest BCUT2D eigenvalue weighted by molar-refractivity contribution is 0.477. The Morgan fingerprint density at radius 2 is 2.00 bits per heavy atom. The Bertz CT molecular complexity index is 667. The summed E-state index contributed by atoms with van der Waals surface area (Å²) in [6.45, 7) is 8.70. The Hall–Kier alpha value is -1.27. The van der Waals surface area contributed by atoms with Crippen molar-refractivity contribution in [3.63, 3.8) is 0 Å². The van der Waals surface area contributed by atoms with Crippen molar-refractivity contribution >= 4 is 27.4 Å². The van der Waals surface area contributed by atoms with Crippen molar-refractivity contribution in [3.8, 4) is 0 Å². The Labute approximate surface area is 151 Å². The van der Waals surface area contributed by atoms with Gasteiger partial charge in [-0.3, -0.25) is 4.99 Å². The lowest BCUT2D eigenvalue weighted by Crippen LogP contribution is -2.39. The molecule has 0 atom stereocenters. The van der Waals surface area contributed by atoms with Crippen LogP contribution in [0.2, 0.25) is 5.02 Å². The fourth-order valence-corrected chi connectivity index (χ4v) is 3.19. The summed E-state index contributed by atoms with van der Waals surface area (Å²) in [4.78, 5) is 6.41. The molecule has 0 unspecified atom stereocenters. The second-order valence-corrected chi connectivity index (χ2v) is 9.95. The van der Waals surface area contributed by atoms with E-state index in [1.165, 1.54) is 0 Å². The number of guanidine groups is 1. The molecule has 0 bridgehead atoms. The van der Waals surface area contributed by atoms with Gasteiger partial charge in [0.15, 0.2) is 15.8 Å². The van der Waals surface area contributed by atoms with Gasteiger partial charge < -0.3 is 10.2 Å². The molecule has 1 aromatic carbocycles. The number of halogens is 1. The summed E-state index contributed by atoms with van der Waals surface area (Å²) in [6.07, 6.45) is 0. The summed E-state index contributed by atoms with van der Waals surface area (Å²) in [5.74, 6) is 0.720. The number of sulfone groups is 1. The van der Waals surface area contributed by atoms with Crippen molar-refractivity contribution in [2.75, 3.05) is 25.9 Å². The number of nitrogens with zero attached hydrogens (tertiary/aromatic N) is 2. The van der Waals surface area contributed by atoms with Gasteiger partial charge in [0.2, 0.25) is 0 Å². The van der Waals surface area contributed by atoms with Crippen molar-refractivity contribution in [3.05, 3.63) is 34.9 Å². The summed E-state index contributed by atoms with van der Waals surface area (Å²) < 4.78 is 23.6. The highest BCUT2D eigenvalue weighted by molar-refractivity contribution is 7.92. The Morgan fingerprint density at radius 1 is 1.33 bits per heavy atom. The third-order valence-corrected chi connectivity index (χ3v) is 6.38. The molecule has 0 aliphatic heterocycles. The number of aliphatic imine (C=N–C) groups is 1. The van der Waals surface area contributed by atoms with E-state index in [-0.39, 0.29) is 12.3 Å². The van der Waals surface area contributed by atoms with Gasteiger partial charge in [0.05, 0.1) is 17.0 Å². The molecule has 24 heavy (non-hydrogen) atoms. The first-order chi connectivity index (χ1) is 11.1. The molecule has 0 radical (unpaired) electrons. The van der Waals surface area contributed by atoms with Crippen LogP contribution in [0.5, 0.6) is 0 Å². The van der Waals surface area contributed by atoms with Crippen molar-refractivity contribution in [1.82, 2.24) is 10.2 Å². The van der Waals surface area contributed by atoms with Gasteiger partial charge in [-0.2, -0.15) is 0 Å². The average Bonchev–Trinajstić information content (AvgIpc) is 2.45. The van der Waals surface area contributed by atoms with Crippen LogP contribution in [0.15, 0.2) is 29.3 Å². The molecule has 0 aliphatic rings. The number of nitrogens with one attached hydrogen (secondary N) is 1. The number of hydrogen-bond acceptors (Lipinski definition) is 3. The van der Waals surface area contributed by atoms with Crippen LogP contribution in [0.4, 0.5) is 0 Å². The monoisotopic (exact) mass is 373 g/mol. The third kappa shape index (κ3) is 6.32. The molecule has 0 spiro atoms. The minimum absolute atomic E-state index is 0.0381. The van der Waals surface area contributed by atoms with Crippen molar-refractivity contribution < 1.29 is 8.42 Å². The maximum Gasteiger partial charge on any atom is 0.193 e. The lowest BCUT2D eigenvalue weighted by Gasteiger charge is -2.23. The number of benzene rings is 1. The molecule has 0 saturated carbocycles. The smallest absolute Gasteiger partial charge is 0.193 e. The van der Waals surface area contributed by atoms with E-state index < -0.39 is 14.6 Å². The zero-order chi connectivity index (χ0) is 18.4. The van der Waals surface area contributed by atoms with Gasteiger partial charge in [-0.1, -0.05) is 23.7 Å². The van der Waals surface area contributed by atoms with E-state index in [2.05, 4.69) is 10.3 Å². The van der Waals surface area contributed by atoms with E-state index in [1.54, 1.807) is 20.8 Å². The molecule has 136 valence electrons. The van der Waals surface area contributed by atoms with E-state index in [0.29, 0.717) is 24.1 Å². The summed E-state index contributed by atoms with van der Waals surface area (Å²) >= 11 is 6.01. The first-order valence-corrected chi connectivity index (χ1v) is 10.1. The fraction of sp³-hybridized carbons (Fsp3) is 0.588. The predicted molar refractivity (Wildman–Crippen MR) is 102 cm³/mol. The molecule has 0 aliphatic carbocycles. The van der Waals surface area contributed by atoms with Crippen LogP contribution in [0.3, 0.4) is 0 Å². The standard InChI is InChI=1S/C17H28ClN3O2S/c1-6-19-16(20-10-11-24(22,23)17(2,3)4)21(5)13-14-8-7-9-15(18)12-14/h7-9,12H,6,10-11,13H2,1-5H3,(H,19,20). The third-order valence-electron chi connectivity index (χ3n) is 3.56. The average molecular weight is 374 g/mol. The van der Waals surface area contributed by atoms with E-state index in [4.69, 9.17) is 11.6 Å². The summed E-state index contributed by atoms with van der Waals surface area (Å²) in [6, 6.07) is 7.65. The van der Waals surface area contributed by atoms with Gasteiger partial charge in [0.25, 0.3) is 0 Å². The van der Waals surface area contributed by atoms with Gasteiger partial charge in [-0.05, 0) is 45.4 Å². The Kier molecular flexibility index (Phi) is 7.55. The zero-order valence-electron chi connectivity index (χ0n) is 15.1. The topological polar surface area (TPSA) is 61.8 Å². The molecule has 0 fully saturated rings. The van der Waals surface area contributed by atoms with Gasteiger partial charge in [0.1, 0.15) is 0 Å². The van der Waals surface area contributed by atoms with Gasteiger partial charge in [-0.25, -0.2) is 8.42 Å². The second-order valence-electron chi connectivity index (χ2n) is 6.65. The number of hydrogen-bond donors (Lipinski definition) is 1. The molecule has 1 aromatic rings. The fourth-order valence-electron chi connectivity index (χ4n) is 2.03. The van der Waals surface area contributed by atoms with Crippen LogP contribution in [0, 0.1) is 0 Å². The highest BCUT2D eigenvalue weighted by atomic mass is 35.5. The van der Waals surface area contributed by atoms with E-state index >= 15 is 0 Å².